The number of hydrogen-bond acceptors (Lipinski definition) is 5. The van der Waals surface area contributed by atoms with Gasteiger partial charge in [-0.1, -0.05) is 32.1 Å². The van der Waals surface area contributed by atoms with Crippen LogP contribution in [0.3, 0.4) is 0 Å². The number of carboxylic acid groups (broad SMARTS) is 1. The van der Waals surface area contributed by atoms with E-state index in [0.717, 1.165) is 19.4 Å². The number of aliphatic carboxylic acids is 1. The van der Waals surface area contributed by atoms with Crippen LogP contribution in [0, 0.1) is 6.92 Å². The SMILES string of the molecule is C1CCCC1.Cc1cnc(NC[C@H]2CCCN2C)c(=O)n1CC(=O)O.Cl. The van der Waals surface area contributed by atoms with Gasteiger partial charge in [0.05, 0.1) is 0 Å². The summed E-state index contributed by atoms with van der Waals surface area (Å²) >= 11 is 0. The summed E-state index contributed by atoms with van der Waals surface area (Å²) in [5.41, 5.74) is 0.161. The van der Waals surface area contributed by atoms with Crippen LogP contribution >= 0.6 is 12.4 Å². The molecule has 1 aromatic rings. The number of hydrogen-bond donors (Lipinski definition) is 2. The van der Waals surface area contributed by atoms with E-state index in [1.807, 2.05) is 0 Å². The molecule has 0 amide bonds. The number of aryl methyl sites for hydroxylation is 1. The van der Waals surface area contributed by atoms with Crippen molar-refractivity contribution in [2.45, 2.75) is 64.5 Å². The van der Waals surface area contributed by atoms with E-state index in [2.05, 4.69) is 22.2 Å². The average molecular weight is 387 g/mol. The molecular formula is C18H31ClN4O3. The first-order valence-electron chi connectivity index (χ1n) is 9.21. The minimum absolute atomic E-state index is 0. The molecule has 26 heavy (non-hydrogen) atoms. The van der Waals surface area contributed by atoms with Gasteiger partial charge in [0.25, 0.3) is 5.56 Å². The van der Waals surface area contributed by atoms with Crippen molar-refractivity contribution in [2.75, 3.05) is 25.5 Å². The van der Waals surface area contributed by atoms with Crippen LogP contribution in [0.1, 0.15) is 50.6 Å². The molecule has 3 rings (SSSR count). The molecule has 0 radical (unpaired) electrons. The topological polar surface area (TPSA) is 87.5 Å². The van der Waals surface area contributed by atoms with Crippen molar-refractivity contribution in [3.8, 4) is 0 Å². The van der Waals surface area contributed by atoms with Gasteiger partial charge < -0.3 is 15.3 Å². The second-order valence-corrected chi connectivity index (χ2v) is 6.96. The second-order valence-electron chi connectivity index (χ2n) is 6.96. The largest absolute Gasteiger partial charge is 0.480 e. The Kier molecular flexibility index (Phi) is 9.65. The molecule has 1 aliphatic carbocycles. The third kappa shape index (κ3) is 6.61. The first kappa shape index (κ1) is 22.4. The molecule has 0 unspecified atom stereocenters. The van der Waals surface area contributed by atoms with E-state index in [4.69, 9.17) is 5.11 Å². The minimum Gasteiger partial charge on any atom is -0.480 e. The lowest BCUT2D eigenvalue weighted by molar-refractivity contribution is -0.137. The highest BCUT2D eigenvalue weighted by Gasteiger charge is 2.21. The van der Waals surface area contributed by atoms with Crippen LogP contribution in [0.25, 0.3) is 0 Å². The molecule has 8 heteroatoms. The van der Waals surface area contributed by atoms with Gasteiger partial charge in [-0.25, -0.2) is 4.98 Å². The molecule has 7 nitrogen and oxygen atoms in total. The normalized spacial score (nSPS) is 19.4. The number of carbonyl (C=O) groups is 1. The Labute approximate surface area is 161 Å². The first-order valence-corrected chi connectivity index (χ1v) is 9.21. The Bertz CT molecular complexity index is 624. The summed E-state index contributed by atoms with van der Waals surface area (Å²) in [6.45, 7) is 3.04. The summed E-state index contributed by atoms with van der Waals surface area (Å²) in [6.07, 6.45) is 11.3. The number of nitrogens with zero attached hydrogens (tertiary/aromatic N) is 3. The second kappa shape index (κ2) is 11.2. The van der Waals surface area contributed by atoms with Crippen LogP contribution in [0.2, 0.25) is 0 Å². The number of aromatic nitrogens is 2. The maximum Gasteiger partial charge on any atom is 0.323 e. The summed E-state index contributed by atoms with van der Waals surface area (Å²) < 4.78 is 1.22. The molecule has 2 N–H and O–H groups in total. The van der Waals surface area contributed by atoms with E-state index in [9.17, 15) is 9.59 Å². The Balaban J connectivity index is 0.000000486. The van der Waals surface area contributed by atoms with E-state index in [1.54, 1.807) is 6.92 Å². The van der Waals surface area contributed by atoms with Crippen molar-refractivity contribution in [3.05, 3.63) is 22.2 Å². The van der Waals surface area contributed by atoms with Gasteiger partial charge in [-0.2, -0.15) is 0 Å². The molecule has 1 atom stereocenters. The van der Waals surface area contributed by atoms with Gasteiger partial charge in [0, 0.05) is 24.5 Å². The number of likely N-dealkylation sites (tertiary alicyclic amines) is 1. The highest BCUT2D eigenvalue weighted by atomic mass is 35.5. The summed E-state index contributed by atoms with van der Waals surface area (Å²) in [7, 11) is 2.06. The Morgan fingerprint density at radius 2 is 1.88 bits per heavy atom. The minimum atomic E-state index is -1.04. The highest BCUT2D eigenvalue weighted by molar-refractivity contribution is 5.85. The molecule has 2 fully saturated rings. The lowest BCUT2D eigenvalue weighted by Gasteiger charge is -2.20. The highest BCUT2D eigenvalue weighted by Crippen LogP contribution is 2.15. The molecule has 0 bridgehead atoms. The maximum absolute atomic E-state index is 12.2. The molecule has 1 saturated carbocycles. The van der Waals surface area contributed by atoms with Crippen molar-refractivity contribution < 1.29 is 9.90 Å². The molecule has 1 aliphatic heterocycles. The van der Waals surface area contributed by atoms with Gasteiger partial charge in [0.2, 0.25) is 0 Å². The summed E-state index contributed by atoms with van der Waals surface area (Å²) in [4.78, 5) is 29.3. The number of likely N-dealkylation sites (N-methyl/N-ethyl adjacent to an activating group) is 1. The smallest absolute Gasteiger partial charge is 0.323 e. The fourth-order valence-corrected chi connectivity index (χ4v) is 3.36. The van der Waals surface area contributed by atoms with Gasteiger partial charge in [0.15, 0.2) is 5.82 Å². The van der Waals surface area contributed by atoms with Crippen LogP contribution in [0.15, 0.2) is 11.0 Å². The number of nitrogens with one attached hydrogen (secondary N) is 1. The van der Waals surface area contributed by atoms with Crippen LogP contribution in [0.4, 0.5) is 5.82 Å². The van der Waals surface area contributed by atoms with E-state index < -0.39 is 5.97 Å². The lowest BCUT2D eigenvalue weighted by Crippen LogP contribution is -2.35. The van der Waals surface area contributed by atoms with Gasteiger partial charge in [-0.05, 0) is 33.4 Å². The molecule has 0 aromatic carbocycles. The monoisotopic (exact) mass is 386 g/mol. The Morgan fingerprint density at radius 3 is 2.38 bits per heavy atom. The zero-order valence-electron chi connectivity index (χ0n) is 15.7. The van der Waals surface area contributed by atoms with Crippen LogP contribution in [-0.2, 0) is 11.3 Å². The molecule has 1 saturated heterocycles. The van der Waals surface area contributed by atoms with Gasteiger partial charge in [-0.15, -0.1) is 12.4 Å². The van der Waals surface area contributed by atoms with E-state index >= 15 is 0 Å². The summed E-state index contributed by atoms with van der Waals surface area (Å²) in [5.74, 6) is -0.819. The first-order chi connectivity index (χ1) is 12.0. The van der Waals surface area contributed by atoms with Crippen molar-refractivity contribution in [2.24, 2.45) is 0 Å². The van der Waals surface area contributed by atoms with Gasteiger partial charge >= 0.3 is 5.97 Å². The van der Waals surface area contributed by atoms with Crippen molar-refractivity contribution in [1.29, 1.82) is 0 Å². The summed E-state index contributed by atoms with van der Waals surface area (Å²) in [5, 5.41) is 11.9. The van der Waals surface area contributed by atoms with Crippen LogP contribution < -0.4 is 10.9 Å². The van der Waals surface area contributed by atoms with E-state index in [1.165, 1.54) is 42.9 Å². The number of anilines is 1. The Morgan fingerprint density at radius 1 is 1.27 bits per heavy atom. The fraction of sp³-hybridized carbons (Fsp3) is 0.722. The van der Waals surface area contributed by atoms with Crippen molar-refractivity contribution in [1.82, 2.24) is 14.5 Å². The molecule has 2 aliphatic rings. The van der Waals surface area contributed by atoms with Crippen molar-refractivity contribution in [3.63, 3.8) is 0 Å². The third-order valence-corrected chi connectivity index (χ3v) is 4.97. The van der Waals surface area contributed by atoms with E-state index in [-0.39, 0.29) is 30.3 Å². The maximum atomic E-state index is 12.2. The fourth-order valence-electron chi connectivity index (χ4n) is 3.36. The van der Waals surface area contributed by atoms with Crippen LogP contribution in [0.5, 0.6) is 0 Å². The van der Waals surface area contributed by atoms with Crippen molar-refractivity contribution >= 4 is 24.2 Å². The standard InChI is InChI=1S/C13H20N4O3.C5H10.ClH/c1-9-6-14-12(13(20)17(9)8-11(18)19)15-7-10-4-3-5-16(10)2;1-2-4-5-3-1;/h6,10H,3-5,7-8H2,1-2H3,(H,14,15)(H,18,19);1-5H2;1H/t10-;;/m1../s1. The summed E-state index contributed by atoms with van der Waals surface area (Å²) in [6, 6.07) is 0.394. The number of rotatable bonds is 5. The molecule has 0 spiro atoms. The van der Waals surface area contributed by atoms with Gasteiger partial charge in [-0.3, -0.25) is 14.2 Å². The Hall–Kier alpha value is -1.60. The zero-order valence-corrected chi connectivity index (χ0v) is 16.6. The quantitative estimate of drug-likeness (QED) is 0.808. The molecule has 148 valence electrons. The van der Waals surface area contributed by atoms with Crippen LogP contribution in [-0.4, -0.2) is 51.7 Å². The molecule has 1 aromatic heterocycles. The zero-order chi connectivity index (χ0) is 18.2. The number of carboxylic acids is 1. The predicted octanol–water partition coefficient (Wildman–Crippen LogP) is 2.51. The lowest BCUT2D eigenvalue weighted by atomic mass is 10.2. The van der Waals surface area contributed by atoms with Gasteiger partial charge in [0.1, 0.15) is 6.54 Å². The predicted molar refractivity (Wildman–Crippen MR) is 105 cm³/mol. The van der Waals surface area contributed by atoms with E-state index in [0.29, 0.717) is 18.3 Å². The average Bonchev–Trinajstić information content (AvgIpc) is 3.26. The number of halogens is 1. The third-order valence-electron chi connectivity index (χ3n) is 4.97. The molecular weight excluding hydrogens is 356 g/mol. The molecule has 2 heterocycles.